The minimum Gasteiger partial charge on any atom is -0.493 e. The lowest BCUT2D eigenvalue weighted by molar-refractivity contribution is 0.111. The molecule has 5 rings (SSSR count). The van der Waals surface area contributed by atoms with E-state index in [1.54, 1.807) is 60.7 Å². The van der Waals surface area contributed by atoms with Crippen LogP contribution in [0, 0.1) is 6.92 Å². The first-order valence-electron chi connectivity index (χ1n) is 18.6. The van der Waals surface area contributed by atoms with E-state index in [4.69, 9.17) is 50.8 Å². The summed E-state index contributed by atoms with van der Waals surface area (Å²) in [5.74, 6) is 2.71. The van der Waals surface area contributed by atoms with Gasteiger partial charge in [0.1, 0.15) is 18.9 Å². The third kappa shape index (κ3) is 13.2. The standard InChI is InChI=1S/C40H38O14P2.2C2H6/c1-26-10-14-31(36(18-26)45-3)50-55(51-32-15-11-27(22-41)19-37(32)46-4)49-25-30-8-7-9-35(44-2)40(30)54-56(52-33-16-12-28(23-42)20-38(33)47-5)53-34-17-13-29(24-43)21-39(34)48-6;2*1-2/h7-24H,25H2,1-6H3;2*1-2H3. The number of ether oxygens (including phenoxy) is 5. The van der Waals surface area contributed by atoms with Crippen molar-refractivity contribution in [3.8, 4) is 57.5 Å². The predicted octanol–water partition coefficient (Wildman–Crippen LogP) is 11.2. The lowest BCUT2D eigenvalue weighted by atomic mass is 10.2. The summed E-state index contributed by atoms with van der Waals surface area (Å²) in [6.45, 7) is 9.76. The Hall–Kier alpha value is -6.07. The number of carbonyl (C=O) groups excluding carboxylic acids is 3. The van der Waals surface area contributed by atoms with Crippen molar-refractivity contribution in [1.82, 2.24) is 0 Å². The van der Waals surface area contributed by atoms with Crippen LogP contribution < -0.4 is 46.3 Å². The molecule has 0 saturated carbocycles. The fourth-order valence-electron chi connectivity index (χ4n) is 4.93. The monoisotopic (exact) mass is 864 g/mol. The van der Waals surface area contributed by atoms with Gasteiger partial charge in [0.2, 0.25) is 0 Å². The second-order valence-electron chi connectivity index (χ2n) is 11.4. The number of carbonyl (C=O) groups is 3. The van der Waals surface area contributed by atoms with Gasteiger partial charge in [0, 0.05) is 22.3 Å². The van der Waals surface area contributed by atoms with Crippen LogP contribution in [0.2, 0.25) is 0 Å². The highest BCUT2D eigenvalue weighted by Crippen LogP contribution is 2.52. The van der Waals surface area contributed by atoms with Gasteiger partial charge in [-0.1, -0.05) is 45.9 Å². The van der Waals surface area contributed by atoms with E-state index in [0.29, 0.717) is 58.4 Å². The number of hydrogen-bond donors (Lipinski definition) is 0. The van der Waals surface area contributed by atoms with Crippen molar-refractivity contribution in [2.24, 2.45) is 0 Å². The molecule has 0 N–H and O–H groups in total. The molecule has 0 amide bonds. The molecule has 0 aliphatic heterocycles. The quantitative estimate of drug-likeness (QED) is 0.0508. The summed E-state index contributed by atoms with van der Waals surface area (Å²) in [6, 6.07) is 24.4. The van der Waals surface area contributed by atoms with Crippen molar-refractivity contribution in [3.63, 3.8) is 0 Å². The van der Waals surface area contributed by atoms with Gasteiger partial charge in [0.05, 0.1) is 42.2 Å². The Morgan fingerprint density at radius 3 is 1.22 bits per heavy atom. The zero-order chi connectivity index (χ0) is 44.0. The smallest absolute Gasteiger partial charge is 0.493 e. The Morgan fingerprint density at radius 1 is 0.433 bits per heavy atom. The fraction of sp³-hybridized carbons (Fsp3) is 0.250. The second-order valence-corrected chi connectivity index (χ2v) is 13.4. The largest absolute Gasteiger partial charge is 0.530 e. The maximum Gasteiger partial charge on any atom is 0.530 e. The van der Waals surface area contributed by atoms with Crippen LogP contribution in [0.4, 0.5) is 0 Å². The Labute approximate surface area is 353 Å². The Morgan fingerprint density at radius 2 is 0.817 bits per heavy atom. The van der Waals surface area contributed by atoms with E-state index in [1.165, 1.54) is 53.7 Å². The summed E-state index contributed by atoms with van der Waals surface area (Å²) < 4.78 is 65.6. The minimum atomic E-state index is -2.42. The SMILES string of the molecule is CC.CC.COc1cc(C)ccc1OP(OCc1cccc(OC)c1OP(Oc1ccc(C=O)cc1OC)Oc1ccc(C=O)cc1OC)Oc1ccc(C=O)cc1OC. The third-order valence-corrected chi connectivity index (χ3v) is 9.81. The third-order valence-electron chi connectivity index (χ3n) is 7.75. The van der Waals surface area contributed by atoms with Crippen LogP contribution in [0.5, 0.6) is 57.5 Å². The Balaban J connectivity index is 0.00000233. The zero-order valence-electron chi connectivity index (χ0n) is 35.2. The van der Waals surface area contributed by atoms with Crippen LogP contribution in [0.3, 0.4) is 0 Å². The highest BCUT2D eigenvalue weighted by Gasteiger charge is 2.29. The molecule has 0 bridgehead atoms. The molecule has 1 unspecified atom stereocenters. The van der Waals surface area contributed by atoms with Gasteiger partial charge in [0.25, 0.3) is 0 Å². The van der Waals surface area contributed by atoms with Crippen LogP contribution in [0.15, 0.2) is 91.0 Å². The maximum absolute atomic E-state index is 11.5. The lowest BCUT2D eigenvalue weighted by Gasteiger charge is -2.23. The first kappa shape index (κ1) is 48.3. The maximum atomic E-state index is 11.5. The first-order valence-corrected chi connectivity index (χ1v) is 20.8. The van der Waals surface area contributed by atoms with Crippen molar-refractivity contribution in [2.75, 3.05) is 35.5 Å². The predicted molar refractivity (Wildman–Crippen MR) is 230 cm³/mol. The molecular weight excluding hydrogens is 814 g/mol. The number of aldehydes is 3. The average Bonchev–Trinajstić information content (AvgIpc) is 3.30. The summed E-state index contributed by atoms with van der Waals surface area (Å²) in [7, 11) is 2.64. The molecule has 0 fully saturated rings. The van der Waals surface area contributed by atoms with Crippen LogP contribution in [-0.2, 0) is 11.1 Å². The van der Waals surface area contributed by atoms with Crippen molar-refractivity contribution >= 4 is 36.1 Å². The molecule has 16 heteroatoms. The van der Waals surface area contributed by atoms with Gasteiger partial charge >= 0.3 is 17.2 Å². The number of methoxy groups -OCH3 is 5. The highest BCUT2D eigenvalue weighted by atomic mass is 31.2. The summed E-state index contributed by atoms with van der Waals surface area (Å²) in [6.07, 6.45) is 2.05. The van der Waals surface area contributed by atoms with Crippen molar-refractivity contribution in [2.45, 2.75) is 41.2 Å². The molecular formula is C44H50O14P2. The molecule has 0 saturated heterocycles. The number of hydrogen-bond acceptors (Lipinski definition) is 14. The van der Waals surface area contributed by atoms with Crippen LogP contribution in [0.25, 0.3) is 0 Å². The zero-order valence-corrected chi connectivity index (χ0v) is 37.0. The van der Waals surface area contributed by atoms with Gasteiger partial charge < -0.3 is 46.3 Å². The fourth-order valence-corrected chi connectivity index (χ4v) is 7.03. The van der Waals surface area contributed by atoms with E-state index in [-0.39, 0.29) is 46.9 Å². The Kier molecular flexibility index (Phi) is 20.5. The second kappa shape index (κ2) is 25.4. The highest BCUT2D eigenvalue weighted by molar-refractivity contribution is 7.43. The van der Waals surface area contributed by atoms with E-state index in [2.05, 4.69) is 0 Å². The topological polar surface area (TPSA) is 153 Å². The summed E-state index contributed by atoms with van der Waals surface area (Å²) in [4.78, 5) is 34.4. The van der Waals surface area contributed by atoms with Gasteiger partial charge in [-0.3, -0.25) is 18.9 Å². The average molecular weight is 865 g/mol. The molecule has 320 valence electrons. The van der Waals surface area contributed by atoms with E-state index < -0.39 is 17.2 Å². The van der Waals surface area contributed by atoms with E-state index in [0.717, 1.165) is 5.56 Å². The Bertz CT molecular complexity index is 2080. The number of rotatable bonds is 21. The van der Waals surface area contributed by atoms with Gasteiger partial charge in [-0.2, -0.15) is 0 Å². The molecule has 0 heterocycles. The van der Waals surface area contributed by atoms with Crippen LogP contribution in [0.1, 0.15) is 69.9 Å². The van der Waals surface area contributed by atoms with Gasteiger partial charge in [0.15, 0.2) is 57.5 Å². The molecule has 14 nitrogen and oxygen atoms in total. The lowest BCUT2D eigenvalue weighted by Crippen LogP contribution is -2.08. The normalized spacial score (nSPS) is 10.6. The van der Waals surface area contributed by atoms with Crippen LogP contribution in [-0.4, -0.2) is 54.4 Å². The van der Waals surface area contributed by atoms with Crippen LogP contribution >= 0.6 is 17.2 Å². The number of aryl methyl sites for hydroxylation is 1. The van der Waals surface area contributed by atoms with Crippen molar-refractivity contribution in [3.05, 3.63) is 119 Å². The number of para-hydroxylation sites is 1. The van der Waals surface area contributed by atoms with E-state index >= 15 is 0 Å². The molecule has 1 atom stereocenters. The van der Waals surface area contributed by atoms with Gasteiger partial charge in [-0.05, 0) is 85.3 Å². The van der Waals surface area contributed by atoms with Crippen molar-refractivity contribution in [1.29, 1.82) is 0 Å². The summed E-state index contributed by atoms with van der Waals surface area (Å²) in [5, 5.41) is 0. The molecule has 60 heavy (non-hydrogen) atoms. The molecule has 0 aliphatic rings. The van der Waals surface area contributed by atoms with E-state index in [1.807, 2.05) is 46.8 Å². The number of benzene rings is 5. The summed E-state index contributed by atoms with van der Waals surface area (Å²) in [5.41, 5.74) is 2.51. The van der Waals surface area contributed by atoms with Crippen molar-refractivity contribution < 1.29 is 65.2 Å². The van der Waals surface area contributed by atoms with Gasteiger partial charge in [-0.25, -0.2) is 0 Å². The van der Waals surface area contributed by atoms with E-state index in [9.17, 15) is 14.4 Å². The van der Waals surface area contributed by atoms with Gasteiger partial charge in [-0.15, -0.1) is 0 Å². The first-order chi connectivity index (χ1) is 29.2. The molecule has 0 aromatic heterocycles. The molecule has 0 aliphatic carbocycles. The minimum absolute atomic E-state index is 0.154. The molecule has 0 spiro atoms. The molecule has 5 aromatic rings. The molecule has 5 aromatic carbocycles. The molecule has 0 radical (unpaired) electrons. The summed E-state index contributed by atoms with van der Waals surface area (Å²) >= 11 is 0.